The van der Waals surface area contributed by atoms with E-state index in [0.717, 1.165) is 15.3 Å². The number of carbonyl (C=O) groups is 1. The van der Waals surface area contributed by atoms with Crippen LogP contribution in [0.15, 0.2) is 36.4 Å². The van der Waals surface area contributed by atoms with E-state index in [1.807, 2.05) is 37.3 Å². The second-order valence-corrected chi connectivity index (χ2v) is 5.51. The van der Waals surface area contributed by atoms with Crippen LogP contribution in [0.3, 0.4) is 0 Å². The number of rotatable bonds is 5. The van der Waals surface area contributed by atoms with Gasteiger partial charge < -0.3 is 9.47 Å². The van der Waals surface area contributed by atoms with E-state index in [4.69, 9.17) is 9.47 Å². The monoisotopic (exact) mass is 288 g/mol. The average Bonchev–Trinajstić information content (AvgIpc) is 2.91. The number of ketones is 1. The predicted octanol–water partition coefficient (Wildman–Crippen LogP) is 3.97. The van der Waals surface area contributed by atoms with Gasteiger partial charge in [0.05, 0.1) is 19.1 Å². The lowest BCUT2D eigenvalue weighted by Gasteiger charge is -2.07. The number of ether oxygens (including phenoxy) is 2. The minimum atomic E-state index is 0.0119. The lowest BCUT2D eigenvalue weighted by Crippen LogP contribution is -1.91. The second-order valence-electron chi connectivity index (χ2n) is 4.22. The molecule has 0 unspecified atom stereocenters. The van der Waals surface area contributed by atoms with Gasteiger partial charge in [0, 0.05) is 4.88 Å². The van der Waals surface area contributed by atoms with Gasteiger partial charge in [-0.25, -0.2) is 0 Å². The van der Waals surface area contributed by atoms with Crippen LogP contribution in [0.2, 0.25) is 0 Å². The maximum atomic E-state index is 12.0. The van der Waals surface area contributed by atoms with E-state index in [1.165, 1.54) is 11.3 Å². The number of hydrogen-bond donors (Lipinski definition) is 0. The van der Waals surface area contributed by atoms with Crippen LogP contribution >= 0.6 is 11.3 Å². The summed E-state index contributed by atoms with van der Waals surface area (Å²) in [7, 11) is 3.18. The van der Waals surface area contributed by atoms with Crippen molar-refractivity contribution in [1.82, 2.24) is 0 Å². The summed E-state index contributed by atoms with van der Waals surface area (Å²) in [6.45, 7) is 1.99. The van der Waals surface area contributed by atoms with Crippen molar-refractivity contribution in [3.8, 4) is 11.5 Å². The minimum absolute atomic E-state index is 0.0119. The third-order valence-electron chi connectivity index (χ3n) is 2.82. The molecule has 0 saturated carbocycles. The molecule has 0 aliphatic heterocycles. The van der Waals surface area contributed by atoms with Crippen LogP contribution in [0.4, 0.5) is 0 Å². The van der Waals surface area contributed by atoms with Gasteiger partial charge in [0.15, 0.2) is 17.3 Å². The van der Waals surface area contributed by atoms with Crippen LogP contribution in [-0.4, -0.2) is 20.0 Å². The molecule has 20 heavy (non-hydrogen) atoms. The molecule has 104 valence electrons. The fourth-order valence-corrected chi connectivity index (χ4v) is 2.57. The Morgan fingerprint density at radius 1 is 1.10 bits per heavy atom. The number of carbonyl (C=O) groups excluding carboxylic acids is 1. The smallest absolute Gasteiger partial charge is 0.195 e. The molecule has 0 amide bonds. The Morgan fingerprint density at radius 2 is 1.85 bits per heavy atom. The van der Waals surface area contributed by atoms with Crippen LogP contribution in [0.1, 0.15) is 20.1 Å². The maximum absolute atomic E-state index is 12.0. The fraction of sp³-hybridized carbons (Fsp3) is 0.188. The van der Waals surface area contributed by atoms with E-state index in [2.05, 4.69) is 0 Å². The summed E-state index contributed by atoms with van der Waals surface area (Å²) in [6.07, 6.45) is 3.35. The van der Waals surface area contributed by atoms with E-state index in [9.17, 15) is 4.79 Å². The molecule has 0 N–H and O–H groups in total. The summed E-state index contributed by atoms with van der Waals surface area (Å²) in [5.74, 6) is 1.33. The number of methoxy groups -OCH3 is 2. The third kappa shape index (κ3) is 3.27. The van der Waals surface area contributed by atoms with Gasteiger partial charge in [-0.05, 0) is 42.8 Å². The van der Waals surface area contributed by atoms with Crippen LogP contribution in [0.25, 0.3) is 6.08 Å². The van der Waals surface area contributed by atoms with Gasteiger partial charge in [-0.15, -0.1) is 11.3 Å². The number of hydrogen-bond acceptors (Lipinski definition) is 4. The standard InChI is InChI=1S/C16H16O3S/c1-11-4-9-16(20-11)13(17)7-5-12-6-8-14(18-2)15(10-12)19-3/h4-10H,1-3H3/b7-5+. The summed E-state index contributed by atoms with van der Waals surface area (Å²) in [4.78, 5) is 13.9. The summed E-state index contributed by atoms with van der Waals surface area (Å²) in [5, 5.41) is 0. The van der Waals surface area contributed by atoms with E-state index in [-0.39, 0.29) is 5.78 Å². The molecular weight excluding hydrogens is 272 g/mol. The Hall–Kier alpha value is -2.07. The van der Waals surface area contributed by atoms with Crippen molar-refractivity contribution in [1.29, 1.82) is 0 Å². The summed E-state index contributed by atoms with van der Waals surface area (Å²) < 4.78 is 10.4. The molecule has 0 aliphatic rings. The quantitative estimate of drug-likeness (QED) is 0.617. The van der Waals surface area contributed by atoms with Crippen molar-refractivity contribution in [2.24, 2.45) is 0 Å². The Balaban J connectivity index is 2.17. The van der Waals surface area contributed by atoms with Gasteiger partial charge in [-0.3, -0.25) is 4.79 Å². The van der Waals surface area contributed by atoms with Crippen LogP contribution in [0.5, 0.6) is 11.5 Å². The van der Waals surface area contributed by atoms with Crippen LogP contribution in [-0.2, 0) is 0 Å². The van der Waals surface area contributed by atoms with Gasteiger partial charge in [0.1, 0.15) is 0 Å². The van der Waals surface area contributed by atoms with Crippen LogP contribution < -0.4 is 9.47 Å². The molecule has 0 aliphatic carbocycles. The minimum Gasteiger partial charge on any atom is -0.493 e. The highest BCUT2D eigenvalue weighted by molar-refractivity contribution is 7.14. The lowest BCUT2D eigenvalue weighted by molar-refractivity contribution is 0.105. The highest BCUT2D eigenvalue weighted by Crippen LogP contribution is 2.28. The van der Waals surface area contributed by atoms with Gasteiger partial charge in [0.2, 0.25) is 0 Å². The number of benzene rings is 1. The molecule has 2 aromatic rings. The zero-order chi connectivity index (χ0) is 14.5. The Kier molecular flexibility index (Phi) is 4.58. The third-order valence-corrected chi connectivity index (χ3v) is 3.83. The Bertz CT molecular complexity index is 641. The first-order chi connectivity index (χ1) is 9.63. The van der Waals surface area contributed by atoms with Gasteiger partial charge >= 0.3 is 0 Å². The highest BCUT2D eigenvalue weighted by Gasteiger charge is 2.05. The normalized spacial score (nSPS) is 10.8. The van der Waals surface area contributed by atoms with Crippen molar-refractivity contribution in [2.45, 2.75) is 6.92 Å². The molecular formula is C16H16O3S. The number of aryl methyl sites for hydroxylation is 1. The first kappa shape index (κ1) is 14.3. The van der Waals surface area contributed by atoms with Crippen molar-refractivity contribution in [3.05, 3.63) is 51.7 Å². The van der Waals surface area contributed by atoms with Gasteiger partial charge in [0.25, 0.3) is 0 Å². The van der Waals surface area contributed by atoms with Crippen molar-refractivity contribution < 1.29 is 14.3 Å². The van der Waals surface area contributed by atoms with Crippen molar-refractivity contribution >= 4 is 23.2 Å². The van der Waals surface area contributed by atoms with Crippen molar-refractivity contribution in [3.63, 3.8) is 0 Å². The maximum Gasteiger partial charge on any atom is 0.195 e. The highest BCUT2D eigenvalue weighted by atomic mass is 32.1. The molecule has 3 nitrogen and oxygen atoms in total. The number of allylic oxidation sites excluding steroid dienone is 1. The first-order valence-electron chi connectivity index (χ1n) is 6.15. The zero-order valence-corrected chi connectivity index (χ0v) is 12.5. The number of thiophene rings is 1. The molecule has 4 heteroatoms. The molecule has 0 fully saturated rings. The molecule has 0 saturated heterocycles. The van der Waals surface area contributed by atoms with Crippen molar-refractivity contribution in [2.75, 3.05) is 14.2 Å². The average molecular weight is 288 g/mol. The largest absolute Gasteiger partial charge is 0.493 e. The topological polar surface area (TPSA) is 35.5 Å². The van der Waals surface area contributed by atoms with Crippen LogP contribution in [0, 0.1) is 6.92 Å². The molecule has 1 aromatic carbocycles. The summed E-state index contributed by atoms with van der Waals surface area (Å²) >= 11 is 1.50. The first-order valence-corrected chi connectivity index (χ1v) is 6.96. The SMILES string of the molecule is COc1ccc(/C=C/C(=O)c2ccc(C)s2)cc1OC. The van der Waals surface area contributed by atoms with E-state index in [1.54, 1.807) is 26.4 Å². The molecule has 1 aromatic heterocycles. The molecule has 0 radical (unpaired) electrons. The van der Waals surface area contributed by atoms with E-state index >= 15 is 0 Å². The molecule has 0 bridgehead atoms. The summed E-state index contributed by atoms with van der Waals surface area (Å²) in [5.41, 5.74) is 0.893. The predicted molar refractivity (Wildman–Crippen MR) is 82.0 cm³/mol. The molecule has 0 atom stereocenters. The fourth-order valence-electron chi connectivity index (χ4n) is 1.78. The second kappa shape index (κ2) is 6.39. The van der Waals surface area contributed by atoms with Gasteiger partial charge in [-0.1, -0.05) is 12.1 Å². The molecule has 0 spiro atoms. The van der Waals surface area contributed by atoms with E-state index < -0.39 is 0 Å². The lowest BCUT2D eigenvalue weighted by atomic mass is 10.1. The Labute approximate surface area is 122 Å². The van der Waals surface area contributed by atoms with Gasteiger partial charge in [-0.2, -0.15) is 0 Å². The molecule has 1 heterocycles. The zero-order valence-electron chi connectivity index (χ0n) is 11.7. The Morgan fingerprint density at radius 3 is 2.45 bits per heavy atom. The summed E-state index contributed by atoms with van der Waals surface area (Å²) in [6, 6.07) is 9.33. The molecule has 2 rings (SSSR count). The van der Waals surface area contributed by atoms with E-state index in [0.29, 0.717) is 11.5 Å².